The number of hydrogen-bond acceptors (Lipinski definition) is 5. The summed E-state index contributed by atoms with van der Waals surface area (Å²) in [4.78, 5) is 16.5. The molecule has 0 radical (unpaired) electrons. The van der Waals surface area contributed by atoms with E-state index in [9.17, 15) is 4.79 Å². The third kappa shape index (κ3) is 5.27. The minimum absolute atomic E-state index is 0.166. The number of carbonyl (C=O) groups excluding carboxylic acids is 1. The Hall–Kier alpha value is -2.99. The first-order valence-corrected chi connectivity index (χ1v) is 10.2. The minimum Gasteiger partial charge on any atom is -0.493 e. The average molecular weight is 394 g/mol. The molecule has 28 heavy (non-hydrogen) atoms. The third-order valence-electron chi connectivity index (χ3n) is 4.09. The molecule has 1 amide bonds. The van der Waals surface area contributed by atoms with Crippen molar-refractivity contribution in [1.82, 2.24) is 4.98 Å². The number of methoxy groups -OCH3 is 1. The molecule has 0 aliphatic heterocycles. The van der Waals surface area contributed by atoms with E-state index in [4.69, 9.17) is 9.47 Å². The number of rotatable bonds is 8. The van der Waals surface area contributed by atoms with Gasteiger partial charge < -0.3 is 14.8 Å². The number of benzene rings is 2. The van der Waals surface area contributed by atoms with Gasteiger partial charge in [-0.1, -0.05) is 12.1 Å². The van der Waals surface area contributed by atoms with Gasteiger partial charge in [0.15, 0.2) is 11.5 Å². The van der Waals surface area contributed by atoms with Gasteiger partial charge in [-0.2, -0.15) is 11.8 Å². The van der Waals surface area contributed by atoms with Crippen molar-refractivity contribution in [3.05, 3.63) is 83.7 Å². The second-order valence-corrected chi connectivity index (χ2v) is 6.96. The first-order chi connectivity index (χ1) is 13.7. The summed E-state index contributed by atoms with van der Waals surface area (Å²) in [5.41, 5.74) is 3.45. The fraction of sp³-hybridized carbons (Fsp3) is 0.182. The molecule has 0 atom stereocenters. The number of aromatic nitrogens is 1. The Balaban J connectivity index is 1.70. The lowest BCUT2D eigenvalue weighted by Crippen LogP contribution is -2.12. The zero-order valence-electron chi connectivity index (χ0n) is 15.8. The largest absolute Gasteiger partial charge is 0.493 e. The van der Waals surface area contributed by atoms with Crippen LogP contribution >= 0.6 is 11.8 Å². The van der Waals surface area contributed by atoms with E-state index in [-0.39, 0.29) is 5.91 Å². The van der Waals surface area contributed by atoms with Crippen LogP contribution in [0.5, 0.6) is 11.5 Å². The predicted molar refractivity (Wildman–Crippen MR) is 113 cm³/mol. The maximum atomic E-state index is 12.5. The molecule has 0 aliphatic rings. The molecule has 0 aliphatic carbocycles. The van der Waals surface area contributed by atoms with Crippen LogP contribution in [0, 0.1) is 0 Å². The second kappa shape index (κ2) is 9.80. The summed E-state index contributed by atoms with van der Waals surface area (Å²) in [5, 5.41) is 2.91. The van der Waals surface area contributed by atoms with Crippen molar-refractivity contribution in [2.45, 2.75) is 12.4 Å². The lowest BCUT2D eigenvalue weighted by molar-refractivity contribution is 0.102. The molecule has 0 saturated carbocycles. The van der Waals surface area contributed by atoms with Crippen LogP contribution in [0.4, 0.5) is 5.69 Å². The Bertz CT molecular complexity index is 915. The molecule has 0 saturated heterocycles. The summed E-state index contributed by atoms with van der Waals surface area (Å²) >= 11 is 1.75. The molecule has 6 heteroatoms. The van der Waals surface area contributed by atoms with Gasteiger partial charge in [0.05, 0.1) is 7.11 Å². The van der Waals surface area contributed by atoms with Crippen LogP contribution in [0.15, 0.2) is 67.0 Å². The number of thioether (sulfide) groups is 1. The molecule has 3 rings (SSSR count). The average Bonchev–Trinajstić information content (AvgIpc) is 2.74. The van der Waals surface area contributed by atoms with Gasteiger partial charge in [-0.05, 0) is 53.8 Å². The molecule has 1 heterocycles. The summed E-state index contributed by atoms with van der Waals surface area (Å²) < 4.78 is 11.2. The summed E-state index contributed by atoms with van der Waals surface area (Å²) in [6.07, 6.45) is 5.49. The maximum Gasteiger partial charge on any atom is 0.255 e. The molecule has 0 spiro atoms. The van der Waals surface area contributed by atoms with Crippen LogP contribution in [0.2, 0.25) is 0 Å². The SMILES string of the molecule is COc1ccc(NC(=O)c2ccc(CSC)cc2)cc1OCc1ccncc1. The predicted octanol–water partition coefficient (Wildman–Crippen LogP) is 4.78. The molecule has 1 N–H and O–H groups in total. The van der Waals surface area contributed by atoms with Crippen molar-refractivity contribution in [3.8, 4) is 11.5 Å². The Morgan fingerprint density at radius 2 is 1.75 bits per heavy atom. The number of hydrogen-bond donors (Lipinski definition) is 1. The standard InChI is InChI=1S/C22H22N2O3S/c1-26-20-8-7-19(13-21(20)27-14-16-9-11-23-12-10-16)24-22(25)18-5-3-17(4-6-18)15-28-2/h3-13H,14-15H2,1-2H3,(H,24,25). The van der Waals surface area contributed by atoms with Crippen LogP contribution in [0.3, 0.4) is 0 Å². The highest BCUT2D eigenvalue weighted by Crippen LogP contribution is 2.31. The van der Waals surface area contributed by atoms with Crippen LogP contribution in [-0.2, 0) is 12.4 Å². The van der Waals surface area contributed by atoms with Crippen molar-refractivity contribution in [3.63, 3.8) is 0 Å². The quantitative estimate of drug-likeness (QED) is 0.595. The van der Waals surface area contributed by atoms with Crippen molar-refractivity contribution < 1.29 is 14.3 Å². The van der Waals surface area contributed by atoms with Crippen molar-refractivity contribution in [2.75, 3.05) is 18.7 Å². The molecule has 0 unspecified atom stereocenters. The molecule has 0 fully saturated rings. The van der Waals surface area contributed by atoms with E-state index >= 15 is 0 Å². The van der Waals surface area contributed by atoms with E-state index < -0.39 is 0 Å². The fourth-order valence-corrected chi connectivity index (χ4v) is 3.16. The molecule has 1 aromatic heterocycles. The lowest BCUT2D eigenvalue weighted by atomic mass is 10.1. The summed E-state index contributed by atoms with van der Waals surface area (Å²) in [7, 11) is 1.59. The van der Waals surface area contributed by atoms with Gasteiger partial charge in [0.25, 0.3) is 5.91 Å². The zero-order chi connectivity index (χ0) is 19.8. The number of ether oxygens (including phenoxy) is 2. The molecule has 144 valence electrons. The monoisotopic (exact) mass is 394 g/mol. The van der Waals surface area contributed by atoms with E-state index in [1.165, 1.54) is 5.56 Å². The Kier molecular flexibility index (Phi) is 6.92. The van der Waals surface area contributed by atoms with Gasteiger partial charge >= 0.3 is 0 Å². The topological polar surface area (TPSA) is 60.5 Å². The van der Waals surface area contributed by atoms with Crippen molar-refractivity contribution in [1.29, 1.82) is 0 Å². The van der Waals surface area contributed by atoms with Gasteiger partial charge in [-0.15, -0.1) is 0 Å². The molecular formula is C22H22N2O3S. The zero-order valence-corrected chi connectivity index (χ0v) is 16.7. The van der Waals surface area contributed by atoms with Crippen LogP contribution in [0.25, 0.3) is 0 Å². The number of carbonyl (C=O) groups is 1. The number of nitrogens with zero attached hydrogens (tertiary/aromatic N) is 1. The minimum atomic E-state index is -0.166. The Morgan fingerprint density at radius 3 is 2.43 bits per heavy atom. The Labute approximate surface area is 169 Å². The van der Waals surface area contributed by atoms with Gasteiger partial charge in [-0.3, -0.25) is 9.78 Å². The number of pyridine rings is 1. The van der Waals surface area contributed by atoms with E-state index in [2.05, 4.69) is 16.6 Å². The first kappa shape index (κ1) is 19.8. The fourth-order valence-electron chi connectivity index (χ4n) is 2.63. The summed E-state index contributed by atoms with van der Waals surface area (Å²) in [5.74, 6) is 1.93. The normalized spacial score (nSPS) is 10.4. The highest BCUT2D eigenvalue weighted by Gasteiger charge is 2.10. The van der Waals surface area contributed by atoms with Crippen molar-refractivity contribution in [2.24, 2.45) is 0 Å². The van der Waals surface area contributed by atoms with Gasteiger partial charge in [0.2, 0.25) is 0 Å². The molecule has 5 nitrogen and oxygen atoms in total. The second-order valence-electron chi connectivity index (χ2n) is 6.09. The van der Waals surface area contributed by atoms with Gasteiger partial charge in [0.1, 0.15) is 6.61 Å². The molecule has 2 aromatic carbocycles. The highest BCUT2D eigenvalue weighted by atomic mass is 32.2. The summed E-state index contributed by atoms with van der Waals surface area (Å²) in [6.45, 7) is 0.382. The van der Waals surface area contributed by atoms with E-state index in [0.717, 1.165) is 11.3 Å². The first-order valence-electron chi connectivity index (χ1n) is 8.78. The highest BCUT2D eigenvalue weighted by molar-refractivity contribution is 7.97. The van der Waals surface area contributed by atoms with E-state index in [0.29, 0.717) is 29.4 Å². The lowest BCUT2D eigenvalue weighted by Gasteiger charge is -2.13. The number of anilines is 1. The summed E-state index contributed by atoms with van der Waals surface area (Å²) in [6, 6.07) is 16.7. The molecule has 0 bridgehead atoms. The van der Waals surface area contributed by atoms with Crippen LogP contribution in [-0.4, -0.2) is 24.3 Å². The van der Waals surface area contributed by atoms with E-state index in [1.807, 2.05) is 36.4 Å². The Morgan fingerprint density at radius 1 is 1.00 bits per heavy atom. The third-order valence-corrected chi connectivity index (χ3v) is 4.71. The van der Waals surface area contributed by atoms with Gasteiger partial charge in [-0.25, -0.2) is 0 Å². The number of nitrogens with one attached hydrogen (secondary N) is 1. The molecule has 3 aromatic rings. The van der Waals surface area contributed by atoms with E-state index in [1.54, 1.807) is 49.5 Å². The van der Waals surface area contributed by atoms with Crippen molar-refractivity contribution >= 4 is 23.4 Å². The van der Waals surface area contributed by atoms with Gasteiger partial charge in [0, 0.05) is 35.5 Å². The molecular weight excluding hydrogens is 372 g/mol. The maximum absolute atomic E-state index is 12.5. The smallest absolute Gasteiger partial charge is 0.255 e. The van der Waals surface area contributed by atoms with Crippen LogP contribution < -0.4 is 14.8 Å². The number of amides is 1. The van der Waals surface area contributed by atoms with Crippen LogP contribution in [0.1, 0.15) is 21.5 Å².